The fourth-order valence-electron chi connectivity index (χ4n) is 4.74. The molecule has 3 unspecified atom stereocenters. The van der Waals surface area contributed by atoms with Gasteiger partial charge in [-0.05, 0) is 38.0 Å². The minimum absolute atomic E-state index is 0.301. The lowest BCUT2D eigenvalue weighted by molar-refractivity contribution is -0.136. The van der Waals surface area contributed by atoms with E-state index in [0.717, 1.165) is 44.7 Å². The lowest BCUT2D eigenvalue weighted by Crippen LogP contribution is -2.42. The number of carbonyl (C=O) groups excluding carboxylic acids is 1. The molecule has 3 atom stereocenters. The molecule has 0 spiro atoms. The Kier molecular flexibility index (Phi) is 5.20. The molecular weight excluding hydrogens is 260 g/mol. The standard InChI is InChI=1S/C18H32N2O/c1-2-5-15(12-14-6-3-4-7-14)18(21)20-11-10-16-8-9-17(13-20)19-16/h14-17,19H,2-13H2,1H3. The summed E-state index contributed by atoms with van der Waals surface area (Å²) in [6.45, 7) is 4.17. The summed E-state index contributed by atoms with van der Waals surface area (Å²) in [7, 11) is 0. The quantitative estimate of drug-likeness (QED) is 0.843. The molecule has 0 aromatic rings. The van der Waals surface area contributed by atoms with Gasteiger partial charge in [-0.2, -0.15) is 0 Å². The number of hydrogen-bond donors (Lipinski definition) is 1. The van der Waals surface area contributed by atoms with Crippen molar-refractivity contribution in [3.05, 3.63) is 0 Å². The Morgan fingerprint density at radius 2 is 1.90 bits per heavy atom. The molecule has 0 aromatic heterocycles. The van der Waals surface area contributed by atoms with Crippen LogP contribution < -0.4 is 5.32 Å². The van der Waals surface area contributed by atoms with Gasteiger partial charge in [-0.1, -0.05) is 39.0 Å². The van der Waals surface area contributed by atoms with Crippen molar-refractivity contribution < 1.29 is 4.79 Å². The summed E-state index contributed by atoms with van der Waals surface area (Å²) < 4.78 is 0. The summed E-state index contributed by atoms with van der Waals surface area (Å²) in [4.78, 5) is 15.2. The van der Waals surface area contributed by atoms with Gasteiger partial charge in [0.05, 0.1) is 0 Å². The zero-order chi connectivity index (χ0) is 14.7. The SMILES string of the molecule is CCCC(CC1CCCC1)C(=O)N1CCC2CCC(C1)N2. The van der Waals surface area contributed by atoms with E-state index in [1.807, 2.05) is 0 Å². The van der Waals surface area contributed by atoms with Gasteiger partial charge in [-0.25, -0.2) is 0 Å². The Bertz CT molecular complexity index is 351. The van der Waals surface area contributed by atoms with Crippen molar-refractivity contribution in [1.29, 1.82) is 0 Å². The van der Waals surface area contributed by atoms with E-state index >= 15 is 0 Å². The summed E-state index contributed by atoms with van der Waals surface area (Å²) in [5.41, 5.74) is 0. The summed E-state index contributed by atoms with van der Waals surface area (Å²) in [6.07, 6.45) is 12.6. The van der Waals surface area contributed by atoms with Gasteiger partial charge in [0.2, 0.25) is 5.91 Å². The molecule has 3 aliphatic rings. The maximum atomic E-state index is 13.0. The third-order valence-electron chi connectivity index (χ3n) is 5.91. The first-order valence-corrected chi connectivity index (χ1v) is 9.31. The van der Waals surface area contributed by atoms with Crippen LogP contribution in [-0.4, -0.2) is 36.0 Å². The Morgan fingerprint density at radius 1 is 1.14 bits per heavy atom. The first-order chi connectivity index (χ1) is 10.3. The van der Waals surface area contributed by atoms with Gasteiger partial charge in [-0.15, -0.1) is 0 Å². The molecule has 2 heterocycles. The van der Waals surface area contributed by atoms with Gasteiger partial charge >= 0.3 is 0 Å². The van der Waals surface area contributed by atoms with E-state index in [9.17, 15) is 4.79 Å². The summed E-state index contributed by atoms with van der Waals surface area (Å²) in [5, 5.41) is 3.69. The lowest BCUT2D eigenvalue weighted by Gasteiger charge is -2.29. The van der Waals surface area contributed by atoms with Gasteiger partial charge in [0, 0.05) is 31.1 Å². The number of nitrogens with zero attached hydrogens (tertiary/aromatic N) is 1. The second-order valence-corrected chi connectivity index (χ2v) is 7.58. The van der Waals surface area contributed by atoms with Crippen LogP contribution in [0.4, 0.5) is 0 Å². The Hall–Kier alpha value is -0.570. The molecular formula is C18H32N2O. The number of carbonyl (C=O) groups is 1. The normalized spacial score (nSPS) is 31.4. The number of amides is 1. The molecule has 3 heteroatoms. The Labute approximate surface area is 129 Å². The monoisotopic (exact) mass is 292 g/mol. The highest BCUT2D eigenvalue weighted by atomic mass is 16.2. The highest BCUT2D eigenvalue weighted by Crippen LogP contribution is 2.33. The number of likely N-dealkylation sites (tertiary alicyclic amines) is 1. The molecule has 1 amide bonds. The molecule has 1 N–H and O–H groups in total. The Balaban J connectivity index is 1.59. The second-order valence-electron chi connectivity index (χ2n) is 7.58. The van der Waals surface area contributed by atoms with E-state index in [4.69, 9.17) is 0 Å². The molecule has 0 radical (unpaired) electrons. The van der Waals surface area contributed by atoms with Gasteiger partial charge < -0.3 is 10.2 Å². The molecule has 2 saturated heterocycles. The minimum Gasteiger partial charge on any atom is -0.341 e. The predicted molar refractivity (Wildman–Crippen MR) is 86.1 cm³/mol. The fraction of sp³-hybridized carbons (Fsp3) is 0.944. The van der Waals surface area contributed by atoms with Gasteiger partial charge in [0.15, 0.2) is 0 Å². The van der Waals surface area contributed by atoms with E-state index in [-0.39, 0.29) is 0 Å². The van der Waals surface area contributed by atoms with Gasteiger partial charge in [0.25, 0.3) is 0 Å². The smallest absolute Gasteiger partial charge is 0.225 e. The maximum absolute atomic E-state index is 13.0. The minimum atomic E-state index is 0.301. The summed E-state index contributed by atoms with van der Waals surface area (Å²) in [6, 6.07) is 1.24. The number of rotatable bonds is 5. The van der Waals surface area contributed by atoms with E-state index in [1.165, 1.54) is 38.5 Å². The first-order valence-electron chi connectivity index (χ1n) is 9.31. The van der Waals surface area contributed by atoms with Crippen LogP contribution in [0, 0.1) is 11.8 Å². The molecule has 21 heavy (non-hydrogen) atoms. The molecule has 0 aromatic carbocycles. The zero-order valence-corrected chi connectivity index (χ0v) is 13.7. The van der Waals surface area contributed by atoms with E-state index in [2.05, 4.69) is 17.1 Å². The highest BCUT2D eigenvalue weighted by Gasteiger charge is 2.34. The molecule has 2 bridgehead atoms. The molecule has 1 saturated carbocycles. The van der Waals surface area contributed by atoms with Crippen molar-refractivity contribution in [3.63, 3.8) is 0 Å². The number of nitrogens with one attached hydrogen (secondary N) is 1. The van der Waals surface area contributed by atoms with Crippen LogP contribution in [0.1, 0.15) is 71.1 Å². The number of hydrogen-bond acceptors (Lipinski definition) is 2. The fourth-order valence-corrected chi connectivity index (χ4v) is 4.74. The van der Waals surface area contributed by atoms with E-state index in [0.29, 0.717) is 23.9 Å². The maximum Gasteiger partial charge on any atom is 0.225 e. The average molecular weight is 292 g/mol. The second kappa shape index (κ2) is 7.13. The predicted octanol–water partition coefficient (Wildman–Crippen LogP) is 3.34. The number of fused-ring (bicyclic) bond motifs is 2. The van der Waals surface area contributed by atoms with Crippen molar-refractivity contribution in [2.45, 2.75) is 83.2 Å². The van der Waals surface area contributed by atoms with E-state index in [1.54, 1.807) is 0 Å². The van der Waals surface area contributed by atoms with Crippen molar-refractivity contribution in [2.24, 2.45) is 11.8 Å². The van der Waals surface area contributed by atoms with Crippen molar-refractivity contribution in [3.8, 4) is 0 Å². The molecule has 120 valence electrons. The van der Waals surface area contributed by atoms with Gasteiger partial charge in [0.1, 0.15) is 0 Å². The van der Waals surface area contributed by atoms with Crippen molar-refractivity contribution in [2.75, 3.05) is 13.1 Å². The third kappa shape index (κ3) is 3.80. The van der Waals surface area contributed by atoms with Crippen molar-refractivity contribution in [1.82, 2.24) is 10.2 Å². The van der Waals surface area contributed by atoms with Crippen LogP contribution in [0.2, 0.25) is 0 Å². The van der Waals surface area contributed by atoms with Gasteiger partial charge in [-0.3, -0.25) is 4.79 Å². The summed E-state index contributed by atoms with van der Waals surface area (Å²) >= 11 is 0. The van der Waals surface area contributed by atoms with Crippen LogP contribution in [0.3, 0.4) is 0 Å². The molecule has 2 aliphatic heterocycles. The summed E-state index contributed by atoms with van der Waals surface area (Å²) in [5.74, 6) is 1.60. The topological polar surface area (TPSA) is 32.3 Å². The van der Waals surface area contributed by atoms with Crippen LogP contribution in [0.5, 0.6) is 0 Å². The largest absolute Gasteiger partial charge is 0.341 e. The third-order valence-corrected chi connectivity index (χ3v) is 5.91. The van der Waals surface area contributed by atoms with Crippen LogP contribution >= 0.6 is 0 Å². The molecule has 3 fully saturated rings. The van der Waals surface area contributed by atoms with Crippen LogP contribution in [-0.2, 0) is 4.79 Å². The van der Waals surface area contributed by atoms with E-state index < -0.39 is 0 Å². The Morgan fingerprint density at radius 3 is 2.67 bits per heavy atom. The molecule has 3 nitrogen and oxygen atoms in total. The molecule has 1 aliphatic carbocycles. The van der Waals surface area contributed by atoms with Crippen molar-refractivity contribution >= 4 is 5.91 Å². The van der Waals surface area contributed by atoms with Crippen LogP contribution in [0.15, 0.2) is 0 Å². The molecule has 3 rings (SSSR count). The average Bonchev–Trinajstić information content (AvgIpc) is 3.07. The zero-order valence-electron chi connectivity index (χ0n) is 13.7. The van der Waals surface area contributed by atoms with Crippen LogP contribution in [0.25, 0.3) is 0 Å². The highest BCUT2D eigenvalue weighted by molar-refractivity contribution is 5.79. The first kappa shape index (κ1) is 15.3. The lowest BCUT2D eigenvalue weighted by atomic mass is 9.88.